The molecule has 5 aromatic carbocycles. The van der Waals surface area contributed by atoms with Crippen molar-refractivity contribution in [3.05, 3.63) is 174 Å². The first-order valence-corrected chi connectivity index (χ1v) is 14.0. The van der Waals surface area contributed by atoms with Gasteiger partial charge in [-0.25, -0.2) is 0 Å². The maximum atomic E-state index is 11.6. The van der Waals surface area contributed by atoms with Gasteiger partial charge in [-0.3, -0.25) is 30.3 Å². The van der Waals surface area contributed by atoms with Crippen LogP contribution in [0.4, 0.5) is 22.7 Å². The average Bonchev–Trinajstić information content (AvgIpc) is 3.05. The number of nitrogens with zero attached hydrogens (tertiary/aromatic N) is 4. The molecule has 0 radical (unpaired) electrons. The van der Waals surface area contributed by atoms with Gasteiger partial charge in [-0.2, -0.15) is 0 Å². The van der Waals surface area contributed by atoms with Crippen LogP contribution in [0.2, 0.25) is 0 Å². The molecule has 0 heterocycles. The van der Waals surface area contributed by atoms with E-state index >= 15 is 0 Å². The van der Waals surface area contributed by atoms with Gasteiger partial charge in [0.2, 0.25) is 6.71 Å². The molecule has 45 heavy (non-hydrogen) atoms. The van der Waals surface area contributed by atoms with Crippen LogP contribution in [0.3, 0.4) is 0 Å². The van der Waals surface area contributed by atoms with Crippen LogP contribution in [0.15, 0.2) is 127 Å². The van der Waals surface area contributed by atoms with Crippen LogP contribution in [-0.4, -0.2) is 35.6 Å². The summed E-state index contributed by atoms with van der Waals surface area (Å²) in [4.78, 5) is 35.3. The second-order valence-corrected chi connectivity index (χ2v) is 10.5. The van der Waals surface area contributed by atoms with Crippen molar-refractivity contribution in [3.8, 4) is 0 Å². The Labute approximate surface area is 259 Å². The highest BCUT2D eigenvalue weighted by molar-refractivity contribution is 7.01. The molecule has 0 unspecified atom stereocenters. The minimum Gasteiger partial charge on any atom is -0.377 e. The van der Waals surface area contributed by atoms with Crippen molar-refractivity contribution in [1.82, 2.24) is 0 Å². The van der Waals surface area contributed by atoms with E-state index in [-0.39, 0.29) is 17.1 Å². The van der Waals surface area contributed by atoms with Gasteiger partial charge in [0.15, 0.2) is 0 Å². The lowest BCUT2D eigenvalue weighted by molar-refractivity contribution is -0.385. The first-order chi connectivity index (χ1) is 21.7. The fraction of sp³-hybridized carbons (Fsp3) is 0.0588. The zero-order valence-corrected chi connectivity index (χ0v) is 24.4. The number of benzene rings is 5. The van der Waals surface area contributed by atoms with Crippen LogP contribution in [0.1, 0.15) is 16.7 Å². The van der Waals surface area contributed by atoms with Gasteiger partial charge in [-0.15, -0.1) is 0 Å². The normalized spacial score (nSPS) is 11.3. The van der Waals surface area contributed by atoms with Gasteiger partial charge in [0.1, 0.15) is 0 Å². The molecule has 0 saturated carbocycles. The van der Waals surface area contributed by atoms with E-state index in [2.05, 4.69) is 0 Å². The summed E-state index contributed by atoms with van der Waals surface area (Å²) < 4.78 is 0. The highest BCUT2D eigenvalue weighted by atomic mass is 16.6. The van der Waals surface area contributed by atoms with E-state index < -0.39 is 21.5 Å². The molecule has 0 spiro atoms. The van der Waals surface area contributed by atoms with Crippen molar-refractivity contribution in [2.45, 2.75) is 0 Å². The largest absolute Gasteiger partial charge is 0.377 e. The van der Waals surface area contributed by atoms with Crippen molar-refractivity contribution in [3.63, 3.8) is 0 Å². The van der Waals surface area contributed by atoms with Gasteiger partial charge in [-0.05, 0) is 34.9 Å². The summed E-state index contributed by atoms with van der Waals surface area (Å²) in [5.74, 6) is 0. The Morgan fingerprint density at radius 3 is 1.40 bits per heavy atom. The van der Waals surface area contributed by atoms with Gasteiger partial charge >= 0.3 is 0 Å². The minimum absolute atomic E-state index is 0.0738. The first kappa shape index (κ1) is 30.4. The van der Waals surface area contributed by atoms with E-state index in [1.807, 2.05) is 73.6 Å². The molecule has 0 amide bonds. The second-order valence-electron chi connectivity index (χ2n) is 10.5. The van der Waals surface area contributed by atoms with Gasteiger partial charge in [0.05, 0.1) is 14.8 Å². The number of hydrogen-bond acceptors (Lipinski definition) is 7. The van der Waals surface area contributed by atoms with Gasteiger partial charge in [0, 0.05) is 61.7 Å². The Morgan fingerprint density at radius 1 is 0.533 bits per heavy atom. The van der Waals surface area contributed by atoms with Crippen LogP contribution >= 0.6 is 0 Å². The number of hydrogen-bond donors (Lipinski definition) is 0. The van der Waals surface area contributed by atoms with Gasteiger partial charge in [-0.1, -0.05) is 89.2 Å². The zero-order valence-electron chi connectivity index (χ0n) is 24.4. The number of anilines is 1. The third kappa shape index (κ3) is 6.47. The molecular formula is C34H27BN4O6. The Balaban J connectivity index is 1.95. The summed E-state index contributed by atoms with van der Waals surface area (Å²) >= 11 is 0. The predicted molar refractivity (Wildman–Crippen MR) is 177 cm³/mol. The number of non-ortho nitro benzene ring substituents is 3. The lowest BCUT2D eigenvalue weighted by Gasteiger charge is -2.27. The maximum absolute atomic E-state index is 11.6. The van der Waals surface area contributed by atoms with Crippen LogP contribution in [0.25, 0.3) is 11.0 Å². The molecule has 0 aliphatic heterocycles. The smallest absolute Gasteiger partial charge is 0.269 e. The van der Waals surface area contributed by atoms with Crippen molar-refractivity contribution < 1.29 is 14.8 Å². The van der Waals surface area contributed by atoms with Gasteiger partial charge in [0.25, 0.3) is 17.1 Å². The van der Waals surface area contributed by atoms with E-state index in [1.165, 1.54) is 36.4 Å². The van der Waals surface area contributed by atoms with Crippen molar-refractivity contribution in [2.24, 2.45) is 0 Å². The van der Waals surface area contributed by atoms with Crippen LogP contribution in [0, 0.1) is 30.3 Å². The molecule has 0 N–H and O–H groups in total. The summed E-state index contributed by atoms with van der Waals surface area (Å²) in [5, 5.41) is 34.7. The molecule has 0 saturated heterocycles. The molecule has 10 nitrogen and oxygen atoms in total. The third-order valence-corrected chi connectivity index (χ3v) is 7.54. The Kier molecular flexibility index (Phi) is 8.80. The van der Waals surface area contributed by atoms with Crippen molar-refractivity contribution >= 4 is 51.4 Å². The van der Waals surface area contributed by atoms with E-state index in [1.54, 1.807) is 36.4 Å². The first-order valence-electron chi connectivity index (χ1n) is 14.0. The maximum Gasteiger partial charge on any atom is 0.269 e. The summed E-state index contributed by atoms with van der Waals surface area (Å²) in [7, 11) is 3.88. The second kappa shape index (κ2) is 13.0. The summed E-state index contributed by atoms with van der Waals surface area (Å²) in [5.41, 5.74) is 6.09. The molecule has 0 bridgehead atoms. The Morgan fingerprint density at radius 2 is 0.956 bits per heavy atom. The van der Waals surface area contributed by atoms with E-state index in [4.69, 9.17) is 0 Å². The quantitative estimate of drug-likeness (QED) is 0.0799. The molecule has 222 valence electrons. The van der Waals surface area contributed by atoms with Crippen LogP contribution in [0.5, 0.6) is 0 Å². The highest BCUT2D eigenvalue weighted by Crippen LogP contribution is 2.38. The molecule has 5 aromatic rings. The highest BCUT2D eigenvalue weighted by Gasteiger charge is 2.31. The van der Waals surface area contributed by atoms with E-state index in [0.717, 1.165) is 27.9 Å². The minimum atomic E-state index is -0.599. The molecule has 0 aromatic heterocycles. The average molecular weight is 598 g/mol. The molecule has 0 fully saturated rings. The molecule has 0 aliphatic rings. The number of para-hydroxylation sites is 1. The van der Waals surface area contributed by atoms with Crippen LogP contribution in [-0.2, 0) is 0 Å². The molecule has 11 heteroatoms. The van der Waals surface area contributed by atoms with E-state index in [9.17, 15) is 30.3 Å². The molecular weight excluding hydrogens is 571 g/mol. The SMILES string of the molecule is CN(C)c1ccccc1/C(=C(\B(c1ccc([N+](=O)[O-])cc1)c1ccc([N+](=O)[O-])cc1)c1ccc([N+](=O)[O-])cc1)c1ccccc1. The molecule has 0 aliphatic carbocycles. The zero-order chi connectivity index (χ0) is 32.1. The number of nitro groups is 3. The molecule has 5 rings (SSSR count). The number of rotatable bonds is 10. The topological polar surface area (TPSA) is 133 Å². The summed E-state index contributed by atoms with van der Waals surface area (Å²) in [6.07, 6.45) is 0. The summed E-state index contributed by atoms with van der Waals surface area (Å²) in [6.45, 7) is -0.599. The Bertz CT molecular complexity index is 1840. The predicted octanol–water partition coefficient (Wildman–Crippen LogP) is 6.28. The lowest BCUT2D eigenvalue weighted by Crippen LogP contribution is -2.44. The van der Waals surface area contributed by atoms with E-state index in [0.29, 0.717) is 16.5 Å². The fourth-order valence-corrected chi connectivity index (χ4v) is 5.46. The standard InChI is InChI=1S/C34H27BN4O6/c1-36(2)32-11-7-6-10-31(32)33(24-8-4-3-5-9-24)34(25-12-18-28(19-13-25)37(40)41)35(26-14-20-29(21-15-26)38(42)43)27-16-22-30(23-17-27)39(44)45/h3-23H,1-2H3/b34-33-. The number of nitro benzene ring substituents is 3. The fourth-order valence-electron chi connectivity index (χ4n) is 5.46. The summed E-state index contributed by atoms with van der Waals surface area (Å²) in [6, 6.07) is 36.3. The molecule has 0 atom stereocenters. The Hall–Kier alpha value is -6.10. The lowest BCUT2D eigenvalue weighted by atomic mass is 9.34. The van der Waals surface area contributed by atoms with Crippen molar-refractivity contribution in [1.29, 1.82) is 0 Å². The van der Waals surface area contributed by atoms with Gasteiger partial charge < -0.3 is 4.90 Å². The van der Waals surface area contributed by atoms with Crippen LogP contribution < -0.4 is 15.8 Å². The third-order valence-electron chi connectivity index (χ3n) is 7.54. The monoisotopic (exact) mass is 598 g/mol. The van der Waals surface area contributed by atoms with Crippen molar-refractivity contribution in [2.75, 3.05) is 19.0 Å².